The molecule has 0 saturated carbocycles. The summed E-state index contributed by atoms with van der Waals surface area (Å²) in [7, 11) is 0. The molecule has 0 bridgehead atoms. The van der Waals surface area contributed by atoms with E-state index in [4.69, 9.17) is 5.11 Å². The summed E-state index contributed by atoms with van der Waals surface area (Å²) < 4.78 is 0. The van der Waals surface area contributed by atoms with Crippen molar-refractivity contribution < 1.29 is 9.90 Å². The van der Waals surface area contributed by atoms with Crippen LogP contribution in [-0.2, 0) is 4.79 Å². The largest absolute Gasteiger partial charge is 0.481 e. The van der Waals surface area contributed by atoms with Crippen LogP contribution < -0.4 is 4.90 Å². The molecule has 1 N–H and O–H groups in total. The Morgan fingerprint density at radius 2 is 1.83 bits per heavy atom. The smallest absolute Gasteiger partial charge is 0.303 e. The van der Waals surface area contributed by atoms with Gasteiger partial charge in [0.05, 0.1) is 0 Å². The van der Waals surface area contributed by atoms with E-state index >= 15 is 0 Å². The topological polar surface area (TPSA) is 40.5 Å². The zero-order valence-corrected chi connectivity index (χ0v) is 11.5. The first kappa shape index (κ1) is 14.6. The second kappa shape index (κ2) is 7.04. The van der Waals surface area contributed by atoms with Crippen LogP contribution in [0.15, 0.2) is 30.3 Å². The van der Waals surface area contributed by atoms with Crippen LogP contribution in [0.4, 0.5) is 5.69 Å². The molecule has 1 aromatic rings. The van der Waals surface area contributed by atoms with E-state index in [-0.39, 0.29) is 6.42 Å². The minimum atomic E-state index is -0.722. The van der Waals surface area contributed by atoms with Crippen molar-refractivity contribution in [1.82, 2.24) is 0 Å². The summed E-state index contributed by atoms with van der Waals surface area (Å²) in [6, 6.07) is 10.6. The fourth-order valence-electron chi connectivity index (χ4n) is 1.95. The fraction of sp³-hybridized carbons (Fsp3) is 0.533. The minimum absolute atomic E-state index is 0.230. The molecule has 0 aliphatic carbocycles. The third-order valence-corrected chi connectivity index (χ3v) is 3.33. The van der Waals surface area contributed by atoms with Crippen molar-refractivity contribution in [3.05, 3.63) is 30.3 Å². The van der Waals surface area contributed by atoms with Crippen LogP contribution in [-0.4, -0.2) is 23.7 Å². The Balaban J connectivity index is 2.73. The SMILES string of the molecule is CC(C)C(C)N(CCCC(=O)O)c1ccccc1. The number of rotatable bonds is 7. The molecule has 0 heterocycles. The van der Waals surface area contributed by atoms with Gasteiger partial charge in [-0.3, -0.25) is 4.79 Å². The monoisotopic (exact) mass is 249 g/mol. The van der Waals surface area contributed by atoms with E-state index in [1.807, 2.05) is 18.2 Å². The van der Waals surface area contributed by atoms with E-state index in [1.165, 1.54) is 5.69 Å². The van der Waals surface area contributed by atoms with Crippen molar-refractivity contribution >= 4 is 11.7 Å². The molecule has 0 saturated heterocycles. The van der Waals surface area contributed by atoms with Crippen molar-refractivity contribution in [2.24, 2.45) is 5.92 Å². The quantitative estimate of drug-likeness (QED) is 0.805. The van der Waals surface area contributed by atoms with Gasteiger partial charge in [-0.15, -0.1) is 0 Å². The van der Waals surface area contributed by atoms with Crippen LogP contribution in [0.25, 0.3) is 0 Å². The third kappa shape index (κ3) is 4.40. The second-order valence-electron chi connectivity index (χ2n) is 5.01. The molecular formula is C15H23NO2. The highest BCUT2D eigenvalue weighted by molar-refractivity contribution is 5.66. The van der Waals surface area contributed by atoms with Gasteiger partial charge in [-0.05, 0) is 31.4 Å². The van der Waals surface area contributed by atoms with Crippen molar-refractivity contribution in [3.63, 3.8) is 0 Å². The molecule has 0 spiro atoms. The number of hydrogen-bond acceptors (Lipinski definition) is 2. The van der Waals surface area contributed by atoms with Crippen LogP contribution >= 0.6 is 0 Å². The fourth-order valence-corrected chi connectivity index (χ4v) is 1.95. The Hall–Kier alpha value is -1.51. The molecular weight excluding hydrogens is 226 g/mol. The molecule has 1 unspecified atom stereocenters. The van der Waals surface area contributed by atoms with E-state index in [0.29, 0.717) is 18.4 Å². The van der Waals surface area contributed by atoms with Crippen molar-refractivity contribution in [3.8, 4) is 0 Å². The number of carboxylic acids is 1. The Morgan fingerprint density at radius 3 is 2.33 bits per heavy atom. The molecule has 18 heavy (non-hydrogen) atoms. The predicted molar refractivity (Wildman–Crippen MR) is 75.0 cm³/mol. The normalized spacial score (nSPS) is 12.4. The number of hydrogen-bond donors (Lipinski definition) is 1. The molecule has 0 fully saturated rings. The molecule has 100 valence electrons. The molecule has 0 aliphatic rings. The standard InChI is InChI=1S/C15H23NO2/c1-12(2)13(3)16(11-7-10-15(17)18)14-8-5-4-6-9-14/h4-6,8-9,12-13H,7,10-11H2,1-3H3,(H,17,18). The van der Waals surface area contributed by atoms with Gasteiger partial charge in [-0.2, -0.15) is 0 Å². The molecule has 0 aliphatic heterocycles. The predicted octanol–water partition coefficient (Wildman–Crippen LogP) is 3.40. The van der Waals surface area contributed by atoms with Gasteiger partial charge >= 0.3 is 5.97 Å². The summed E-state index contributed by atoms with van der Waals surface area (Å²) in [5, 5.41) is 8.73. The summed E-state index contributed by atoms with van der Waals surface area (Å²) in [6.07, 6.45) is 0.912. The summed E-state index contributed by atoms with van der Waals surface area (Å²) >= 11 is 0. The molecule has 3 heteroatoms. The average Bonchev–Trinajstić information content (AvgIpc) is 2.34. The van der Waals surface area contributed by atoms with Gasteiger partial charge < -0.3 is 10.0 Å². The first-order chi connectivity index (χ1) is 8.52. The molecule has 1 atom stereocenters. The number of anilines is 1. The molecule has 1 aromatic carbocycles. The summed E-state index contributed by atoms with van der Waals surface area (Å²) in [4.78, 5) is 12.9. The molecule has 0 amide bonds. The van der Waals surface area contributed by atoms with Crippen LogP contribution in [0.3, 0.4) is 0 Å². The van der Waals surface area contributed by atoms with Gasteiger partial charge in [0.15, 0.2) is 0 Å². The van der Waals surface area contributed by atoms with E-state index in [1.54, 1.807) is 0 Å². The van der Waals surface area contributed by atoms with E-state index in [0.717, 1.165) is 6.54 Å². The first-order valence-electron chi connectivity index (χ1n) is 6.56. The van der Waals surface area contributed by atoms with Gasteiger partial charge in [-0.25, -0.2) is 0 Å². The Morgan fingerprint density at radius 1 is 1.22 bits per heavy atom. The van der Waals surface area contributed by atoms with Gasteiger partial charge in [0.1, 0.15) is 0 Å². The first-order valence-corrected chi connectivity index (χ1v) is 6.56. The molecule has 3 nitrogen and oxygen atoms in total. The number of benzene rings is 1. The van der Waals surface area contributed by atoms with Crippen LogP contribution in [0, 0.1) is 5.92 Å². The third-order valence-electron chi connectivity index (χ3n) is 3.33. The summed E-state index contributed by atoms with van der Waals surface area (Å²) in [6.45, 7) is 7.36. The lowest BCUT2D eigenvalue weighted by Gasteiger charge is -2.34. The Bertz CT molecular complexity index is 362. The van der Waals surface area contributed by atoms with Crippen LogP contribution in [0.2, 0.25) is 0 Å². The van der Waals surface area contributed by atoms with E-state index in [9.17, 15) is 4.79 Å². The molecule has 0 radical (unpaired) electrons. The summed E-state index contributed by atoms with van der Waals surface area (Å²) in [5.74, 6) is -0.185. The molecule has 0 aromatic heterocycles. The maximum absolute atomic E-state index is 10.6. The number of aliphatic carboxylic acids is 1. The van der Waals surface area contributed by atoms with E-state index < -0.39 is 5.97 Å². The number of carbonyl (C=O) groups is 1. The maximum Gasteiger partial charge on any atom is 0.303 e. The van der Waals surface area contributed by atoms with Gasteiger partial charge in [0, 0.05) is 24.7 Å². The Kier molecular flexibility index (Phi) is 5.69. The highest BCUT2D eigenvalue weighted by Gasteiger charge is 2.17. The van der Waals surface area contributed by atoms with Crippen molar-refractivity contribution in [2.45, 2.75) is 39.7 Å². The average molecular weight is 249 g/mol. The highest BCUT2D eigenvalue weighted by atomic mass is 16.4. The molecule has 1 rings (SSSR count). The van der Waals surface area contributed by atoms with Gasteiger partial charge in [-0.1, -0.05) is 32.0 Å². The van der Waals surface area contributed by atoms with Crippen LogP contribution in [0.1, 0.15) is 33.6 Å². The van der Waals surface area contributed by atoms with Crippen molar-refractivity contribution in [1.29, 1.82) is 0 Å². The Labute approximate surface area is 109 Å². The number of nitrogens with zero attached hydrogens (tertiary/aromatic N) is 1. The number of carboxylic acid groups (broad SMARTS) is 1. The highest BCUT2D eigenvalue weighted by Crippen LogP contribution is 2.21. The lowest BCUT2D eigenvalue weighted by molar-refractivity contribution is -0.137. The lowest BCUT2D eigenvalue weighted by atomic mass is 10.0. The summed E-state index contributed by atoms with van der Waals surface area (Å²) in [5.41, 5.74) is 1.17. The van der Waals surface area contributed by atoms with Crippen LogP contribution in [0.5, 0.6) is 0 Å². The zero-order chi connectivity index (χ0) is 13.5. The lowest BCUT2D eigenvalue weighted by Crippen LogP contribution is -2.37. The number of para-hydroxylation sites is 1. The second-order valence-corrected chi connectivity index (χ2v) is 5.01. The van der Waals surface area contributed by atoms with Gasteiger partial charge in [0.25, 0.3) is 0 Å². The van der Waals surface area contributed by atoms with E-state index in [2.05, 4.69) is 37.8 Å². The van der Waals surface area contributed by atoms with Crippen molar-refractivity contribution in [2.75, 3.05) is 11.4 Å². The minimum Gasteiger partial charge on any atom is -0.481 e. The zero-order valence-electron chi connectivity index (χ0n) is 11.5. The van der Waals surface area contributed by atoms with Gasteiger partial charge in [0.2, 0.25) is 0 Å². The maximum atomic E-state index is 10.6.